The first-order chi connectivity index (χ1) is 9.36. The highest BCUT2D eigenvalue weighted by Crippen LogP contribution is 2.21. The van der Waals surface area contributed by atoms with E-state index in [1.54, 1.807) is 6.07 Å². The second kappa shape index (κ2) is 4.66. The highest BCUT2D eigenvalue weighted by atomic mass is 16.2. The minimum Gasteiger partial charge on any atom is -0.324 e. The van der Waals surface area contributed by atoms with Gasteiger partial charge in [0.25, 0.3) is 11.1 Å². The van der Waals surface area contributed by atoms with Crippen molar-refractivity contribution < 1.29 is 4.79 Å². The first kappa shape index (κ1) is 13.5. The molecule has 7 nitrogen and oxygen atoms in total. The summed E-state index contributed by atoms with van der Waals surface area (Å²) in [6, 6.07) is 6.40. The molecule has 2 aromatic rings. The predicted molar refractivity (Wildman–Crippen MR) is 73.2 cm³/mol. The second-order valence-corrected chi connectivity index (χ2v) is 4.83. The first-order valence-electron chi connectivity index (χ1n) is 5.83. The summed E-state index contributed by atoms with van der Waals surface area (Å²) < 4.78 is 0. The molecule has 3 N–H and O–H groups in total. The van der Waals surface area contributed by atoms with Gasteiger partial charge in [0.2, 0.25) is 5.91 Å². The van der Waals surface area contributed by atoms with Crippen LogP contribution in [0.15, 0.2) is 27.8 Å². The number of nitrogens with zero attached hydrogens (tertiary/aromatic N) is 1. The topological polar surface area (TPSA) is 119 Å². The van der Waals surface area contributed by atoms with Gasteiger partial charge in [0.15, 0.2) is 0 Å². The van der Waals surface area contributed by atoms with Crippen molar-refractivity contribution in [1.29, 1.82) is 5.26 Å². The monoisotopic (exact) mass is 272 g/mol. The molecule has 20 heavy (non-hydrogen) atoms. The molecule has 0 radical (unpaired) electrons. The van der Waals surface area contributed by atoms with Gasteiger partial charge < -0.3 is 5.32 Å². The maximum Gasteiger partial charge on any atom is 0.272 e. The summed E-state index contributed by atoms with van der Waals surface area (Å²) in [6.45, 7) is 2.93. The smallest absolute Gasteiger partial charge is 0.272 e. The van der Waals surface area contributed by atoms with E-state index in [1.165, 1.54) is 26.0 Å². The van der Waals surface area contributed by atoms with Gasteiger partial charge in [-0.05, 0) is 26.0 Å². The maximum absolute atomic E-state index is 12.0. The molecule has 1 aromatic heterocycles. The molecule has 0 atom stereocenters. The van der Waals surface area contributed by atoms with Crippen LogP contribution in [0.2, 0.25) is 0 Å². The normalized spacial score (nSPS) is 11.1. The molecule has 0 unspecified atom stereocenters. The Kier molecular flexibility index (Phi) is 3.16. The van der Waals surface area contributed by atoms with Crippen LogP contribution in [0, 0.1) is 16.7 Å². The van der Waals surface area contributed by atoms with Crippen LogP contribution in [0.1, 0.15) is 13.8 Å². The van der Waals surface area contributed by atoms with Crippen molar-refractivity contribution in [2.24, 2.45) is 5.41 Å². The Hall–Kier alpha value is -2.88. The molecule has 0 saturated heterocycles. The quantitative estimate of drug-likeness (QED) is 0.745. The predicted octanol–water partition coefficient (Wildman–Crippen LogP) is 0.705. The van der Waals surface area contributed by atoms with Gasteiger partial charge in [0.1, 0.15) is 5.41 Å². The highest BCUT2D eigenvalue weighted by molar-refractivity contribution is 6.04. The molecular formula is C13H12N4O3. The minimum atomic E-state index is -1.24. The fraction of sp³-hybridized carbons (Fsp3) is 0.231. The zero-order chi connectivity index (χ0) is 14.9. The fourth-order valence-corrected chi connectivity index (χ4v) is 1.66. The van der Waals surface area contributed by atoms with Crippen LogP contribution < -0.4 is 16.4 Å². The minimum absolute atomic E-state index is 0.0818. The number of aromatic nitrogens is 2. The Morgan fingerprint density at radius 3 is 2.55 bits per heavy atom. The van der Waals surface area contributed by atoms with Crippen LogP contribution in [-0.4, -0.2) is 16.1 Å². The summed E-state index contributed by atoms with van der Waals surface area (Å²) in [7, 11) is 0. The van der Waals surface area contributed by atoms with Crippen LogP contribution in [0.25, 0.3) is 10.8 Å². The molecule has 0 spiro atoms. The van der Waals surface area contributed by atoms with E-state index < -0.39 is 22.4 Å². The zero-order valence-corrected chi connectivity index (χ0v) is 10.9. The van der Waals surface area contributed by atoms with Crippen molar-refractivity contribution in [3.8, 4) is 6.07 Å². The van der Waals surface area contributed by atoms with Gasteiger partial charge in [-0.1, -0.05) is 6.07 Å². The molecule has 1 amide bonds. The van der Waals surface area contributed by atoms with Crippen molar-refractivity contribution in [2.75, 3.05) is 5.32 Å². The number of nitriles is 1. The number of nitrogens with one attached hydrogen (secondary N) is 3. The molecular weight excluding hydrogens is 260 g/mol. The summed E-state index contributed by atoms with van der Waals surface area (Å²) in [5.41, 5.74) is -2.03. The van der Waals surface area contributed by atoms with Gasteiger partial charge >= 0.3 is 0 Å². The number of anilines is 1. The number of fused-ring (bicyclic) bond motifs is 1. The van der Waals surface area contributed by atoms with E-state index in [0.29, 0.717) is 0 Å². The average Bonchev–Trinajstić information content (AvgIpc) is 2.43. The van der Waals surface area contributed by atoms with Gasteiger partial charge in [0.05, 0.1) is 22.5 Å². The maximum atomic E-state index is 12.0. The Morgan fingerprint density at radius 2 is 1.90 bits per heavy atom. The van der Waals surface area contributed by atoms with Gasteiger partial charge in [-0.2, -0.15) is 5.26 Å². The van der Waals surface area contributed by atoms with Gasteiger partial charge in [0, 0.05) is 0 Å². The molecule has 102 valence electrons. The Morgan fingerprint density at radius 1 is 1.25 bits per heavy atom. The molecule has 2 rings (SSSR count). The number of carbonyl (C=O) groups is 1. The van der Waals surface area contributed by atoms with Crippen LogP contribution in [0.5, 0.6) is 0 Å². The van der Waals surface area contributed by atoms with Gasteiger partial charge in [-0.3, -0.25) is 24.6 Å². The Bertz CT molecular complexity index is 839. The molecule has 0 bridgehead atoms. The zero-order valence-electron chi connectivity index (χ0n) is 10.9. The largest absolute Gasteiger partial charge is 0.324 e. The number of H-pyrrole nitrogens is 2. The second-order valence-electron chi connectivity index (χ2n) is 4.83. The van der Waals surface area contributed by atoms with Crippen molar-refractivity contribution in [1.82, 2.24) is 10.2 Å². The van der Waals surface area contributed by atoms with E-state index in [4.69, 9.17) is 5.26 Å². The van der Waals surface area contributed by atoms with Crippen LogP contribution in [0.4, 0.5) is 5.69 Å². The Labute approximate surface area is 113 Å². The molecule has 1 heterocycles. The van der Waals surface area contributed by atoms with Crippen molar-refractivity contribution in [3.05, 3.63) is 38.9 Å². The molecule has 0 fully saturated rings. The number of aromatic amines is 2. The molecule has 0 aliphatic heterocycles. The summed E-state index contributed by atoms with van der Waals surface area (Å²) >= 11 is 0. The lowest BCUT2D eigenvalue weighted by Gasteiger charge is -2.15. The lowest BCUT2D eigenvalue weighted by atomic mass is 9.94. The van der Waals surface area contributed by atoms with Crippen molar-refractivity contribution in [3.63, 3.8) is 0 Å². The lowest BCUT2D eigenvalue weighted by Crippen LogP contribution is -2.30. The van der Waals surface area contributed by atoms with E-state index in [-0.39, 0.29) is 16.5 Å². The van der Waals surface area contributed by atoms with E-state index in [1.807, 2.05) is 6.07 Å². The average molecular weight is 272 g/mol. The highest BCUT2D eigenvalue weighted by Gasteiger charge is 2.27. The van der Waals surface area contributed by atoms with Gasteiger partial charge in [-0.15, -0.1) is 0 Å². The van der Waals surface area contributed by atoms with Crippen LogP contribution in [-0.2, 0) is 4.79 Å². The third-order valence-electron chi connectivity index (χ3n) is 2.92. The number of hydrogen-bond donors (Lipinski definition) is 3. The third-order valence-corrected chi connectivity index (χ3v) is 2.92. The fourth-order valence-electron chi connectivity index (χ4n) is 1.66. The summed E-state index contributed by atoms with van der Waals surface area (Å²) in [5, 5.41) is 16.1. The van der Waals surface area contributed by atoms with E-state index in [9.17, 15) is 14.4 Å². The van der Waals surface area contributed by atoms with Crippen LogP contribution >= 0.6 is 0 Å². The number of carbonyl (C=O) groups excluding carboxylic acids is 1. The summed E-state index contributed by atoms with van der Waals surface area (Å²) in [4.78, 5) is 35.4. The molecule has 1 aromatic carbocycles. The number of benzene rings is 1. The van der Waals surface area contributed by atoms with Crippen molar-refractivity contribution >= 4 is 22.4 Å². The summed E-state index contributed by atoms with van der Waals surface area (Å²) in [6.07, 6.45) is 0. The number of rotatable bonds is 2. The number of hydrogen-bond acceptors (Lipinski definition) is 4. The van der Waals surface area contributed by atoms with E-state index in [0.717, 1.165) is 0 Å². The molecule has 0 aliphatic rings. The first-order valence-corrected chi connectivity index (χ1v) is 5.83. The molecule has 0 saturated carbocycles. The van der Waals surface area contributed by atoms with E-state index >= 15 is 0 Å². The molecule has 7 heteroatoms. The third kappa shape index (κ3) is 2.19. The Balaban J connectivity index is 2.61. The SMILES string of the molecule is CC(C)(C#N)C(=O)Nc1cccc2c(=O)[nH][nH]c(=O)c12. The van der Waals surface area contributed by atoms with E-state index in [2.05, 4.69) is 15.5 Å². The standard InChI is InChI=1S/C13H12N4O3/c1-13(2,6-14)12(20)15-8-5-3-4-7-9(8)11(19)17-16-10(7)18/h3-5H,1-2H3,(H,15,20)(H,16,18)(H,17,19). The molecule has 0 aliphatic carbocycles. The van der Waals surface area contributed by atoms with Gasteiger partial charge in [-0.25, -0.2) is 0 Å². The van der Waals surface area contributed by atoms with Crippen molar-refractivity contribution in [2.45, 2.75) is 13.8 Å². The summed E-state index contributed by atoms with van der Waals surface area (Å²) in [5.74, 6) is -0.549. The van der Waals surface area contributed by atoms with Crippen LogP contribution in [0.3, 0.4) is 0 Å². The lowest BCUT2D eigenvalue weighted by molar-refractivity contribution is -0.121. The number of amides is 1.